The lowest BCUT2D eigenvalue weighted by molar-refractivity contribution is 0.461. The molecular formula is C19H20O2. The Morgan fingerprint density at radius 3 is 1.57 bits per heavy atom. The molecule has 0 bridgehead atoms. The van der Waals surface area contributed by atoms with E-state index < -0.39 is 0 Å². The highest BCUT2D eigenvalue weighted by molar-refractivity contribution is 5.62. The van der Waals surface area contributed by atoms with Gasteiger partial charge in [-0.2, -0.15) is 0 Å². The Balaban J connectivity index is 2.39. The zero-order chi connectivity index (χ0) is 15.2. The van der Waals surface area contributed by atoms with Crippen LogP contribution in [0.4, 0.5) is 0 Å². The molecule has 0 atom stereocenters. The van der Waals surface area contributed by atoms with Crippen LogP contribution < -0.4 is 0 Å². The second-order valence-electron chi connectivity index (χ2n) is 4.89. The molecule has 0 aromatic heterocycles. The van der Waals surface area contributed by atoms with E-state index in [1.165, 1.54) is 0 Å². The Labute approximate surface area is 125 Å². The van der Waals surface area contributed by atoms with Crippen LogP contribution in [-0.4, -0.2) is 10.2 Å². The minimum atomic E-state index is 0.270. The van der Waals surface area contributed by atoms with Crippen molar-refractivity contribution in [3.8, 4) is 11.5 Å². The van der Waals surface area contributed by atoms with Crippen molar-refractivity contribution in [2.45, 2.75) is 20.3 Å². The third-order valence-corrected chi connectivity index (χ3v) is 3.37. The fraction of sp³-hybridized carbons (Fsp3) is 0.158. The molecule has 0 spiro atoms. The minimum absolute atomic E-state index is 0.270. The molecule has 2 aromatic rings. The summed E-state index contributed by atoms with van der Waals surface area (Å²) in [6, 6.07) is 11.3. The van der Waals surface area contributed by atoms with Gasteiger partial charge >= 0.3 is 0 Å². The molecule has 2 N–H and O–H groups in total. The van der Waals surface area contributed by atoms with Gasteiger partial charge in [0.2, 0.25) is 0 Å². The molecule has 21 heavy (non-hydrogen) atoms. The van der Waals surface area contributed by atoms with Gasteiger partial charge in [0, 0.05) is 17.5 Å². The quantitative estimate of drug-likeness (QED) is 0.848. The zero-order valence-corrected chi connectivity index (χ0v) is 12.4. The number of rotatable bonds is 4. The average Bonchev–Trinajstić information content (AvgIpc) is 2.48. The number of phenols is 2. The first-order valence-electron chi connectivity index (χ1n) is 7.04. The predicted octanol–water partition coefficient (Wildman–Crippen LogP) is 4.75. The summed E-state index contributed by atoms with van der Waals surface area (Å²) >= 11 is 0. The zero-order valence-electron chi connectivity index (χ0n) is 12.4. The second-order valence-corrected chi connectivity index (χ2v) is 4.89. The highest BCUT2D eigenvalue weighted by Crippen LogP contribution is 2.30. The Morgan fingerprint density at radius 1 is 0.762 bits per heavy atom. The monoisotopic (exact) mass is 280 g/mol. The number of benzene rings is 2. The largest absolute Gasteiger partial charge is 0.507 e. The van der Waals surface area contributed by atoms with Crippen molar-refractivity contribution in [3.05, 3.63) is 70.8 Å². The van der Waals surface area contributed by atoms with E-state index in [9.17, 15) is 10.2 Å². The van der Waals surface area contributed by atoms with Crippen LogP contribution in [0.3, 0.4) is 0 Å². The van der Waals surface area contributed by atoms with E-state index in [-0.39, 0.29) is 11.5 Å². The first-order valence-corrected chi connectivity index (χ1v) is 7.04. The third kappa shape index (κ3) is 3.34. The molecule has 0 radical (unpaired) electrons. The number of para-hydroxylation sites is 2. The molecule has 0 fully saturated rings. The van der Waals surface area contributed by atoms with Crippen molar-refractivity contribution < 1.29 is 10.2 Å². The second kappa shape index (κ2) is 6.80. The summed E-state index contributed by atoms with van der Waals surface area (Å²) in [4.78, 5) is 0. The summed E-state index contributed by atoms with van der Waals surface area (Å²) in [5.74, 6) is 0.540. The number of allylic oxidation sites excluding steroid dienone is 2. The van der Waals surface area contributed by atoms with E-state index in [4.69, 9.17) is 0 Å². The number of hydrogen-bond donors (Lipinski definition) is 2. The normalized spacial score (nSPS) is 11.5. The fourth-order valence-electron chi connectivity index (χ4n) is 2.34. The molecule has 0 unspecified atom stereocenters. The molecule has 2 rings (SSSR count). The summed E-state index contributed by atoms with van der Waals surface area (Å²) < 4.78 is 0. The van der Waals surface area contributed by atoms with Crippen LogP contribution in [0.15, 0.2) is 48.6 Å². The Morgan fingerprint density at radius 2 is 1.19 bits per heavy atom. The van der Waals surface area contributed by atoms with Crippen LogP contribution in [-0.2, 0) is 6.42 Å². The van der Waals surface area contributed by atoms with Crippen molar-refractivity contribution >= 4 is 12.2 Å². The maximum absolute atomic E-state index is 10.3. The molecule has 2 nitrogen and oxygen atoms in total. The van der Waals surface area contributed by atoms with Crippen LogP contribution in [0.1, 0.15) is 36.1 Å². The van der Waals surface area contributed by atoms with Crippen LogP contribution in [0.2, 0.25) is 0 Å². The van der Waals surface area contributed by atoms with Crippen LogP contribution in [0, 0.1) is 0 Å². The van der Waals surface area contributed by atoms with Crippen LogP contribution in [0.5, 0.6) is 11.5 Å². The lowest BCUT2D eigenvalue weighted by Gasteiger charge is -2.10. The maximum atomic E-state index is 10.3. The van der Waals surface area contributed by atoms with E-state index >= 15 is 0 Å². The van der Waals surface area contributed by atoms with Crippen LogP contribution in [0.25, 0.3) is 12.2 Å². The molecule has 0 aliphatic rings. The van der Waals surface area contributed by atoms with Gasteiger partial charge in [-0.25, -0.2) is 0 Å². The Kier molecular flexibility index (Phi) is 4.83. The van der Waals surface area contributed by atoms with Gasteiger partial charge in [0.15, 0.2) is 0 Å². The average molecular weight is 280 g/mol. The molecule has 0 aliphatic heterocycles. The molecule has 2 heteroatoms. The van der Waals surface area contributed by atoms with Crippen molar-refractivity contribution in [1.82, 2.24) is 0 Å². The number of phenolic OH excluding ortho intramolecular Hbond substituents is 2. The minimum Gasteiger partial charge on any atom is -0.507 e. The van der Waals surface area contributed by atoms with E-state index in [2.05, 4.69) is 0 Å². The SMILES string of the molecule is CC=Cc1cccc(Cc2cccc(C=CC)c2O)c1O. The topological polar surface area (TPSA) is 40.5 Å². The standard InChI is InChI=1S/C19H20O2/c1-3-7-14-9-5-11-16(18(14)20)13-17-12-6-10-15(8-4-2)19(17)21/h3-12,20-21H,13H2,1-2H3. The summed E-state index contributed by atoms with van der Waals surface area (Å²) in [6.45, 7) is 3.83. The Hall–Kier alpha value is -2.48. The van der Waals surface area contributed by atoms with Gasteiger partial charge in [0.25, 0.3) is 0 Å². The van der Waals surface area contributed by atoms with Gasteiger partial charge in [-0.1, -0.05) is 60.7 Å². The van der Waals surface area contributed by atoms with Gasteiger partial charge in [0.1, 0.15) is 11.5 Å². The fourth-order valence-corrected chi connectivity index (χ4v) is 2.34. The van der Waals surface area contributed by atoms with Gasteiger partial charge in [0.05, 0.1) is 0 Å². The van der Waals surface area contributed by atoms with E-state index in [0.29, 0.717) is 6.42 Å². The summed E-state index contributed by atoms with van der Waals surface area (Å²) in [5, 5.41) is 20.6. The lowest BCUT2D eigenvalue weighted by atomic mass is 9.98. The third-order valence-electron chi connectivity index (χ3n) is 3.37. The molecule has 0 saturated carbocycles. The summed E-state index contributed by atoms with van der Waals surface area (Å²) in [7, 11) is 0. The van der Waals surface area contributed by atoms with Gasteiger partial charge in [-0.15, -0.1) is 0 Å². The van der Waals surface area contributed by atoms with Crippen molar-refractivity contribution in [2.24, 2.45) is 0 Å². The molecule has 2 aromatic carbocycles. The Bertz CT molecular complexity index is 622. The predicted molar refractivity (Wildman–Crippen MR) is 88.4 cm³/mol. The van der Waals surface area contributed by atoms with Crippen LogP contribution >= 0.6 is 0 Å². The van der Waals surface area contributed by atoms with E-state index in [0.717, 1.165) is 22.3 Å². The van der Waals surface area contributed by atoms with E-state index in [1.807, 2.05) is 74.5 Å². The van der Waals surface area contributed by atoms with E-state index in [1.54, 1.807) is 0 Å². The highest BCUT2D eigenvalue weighted by atomic mass is 16.3. The van der Waals surface area contributed by atoms with Gasteiger partial charge in [-0.05, 0) is 25.0 Å². The van der Waals surface area contributed by atoms with Crippen molar-refractivity contribution in [2.75, 3.05) is 0 Å². The molecule has 0 saturated heterocycles. The van der Waals surface area contributed by atoms with Crippen molar-refractivity contribution in [3.63, 3.8) is 0 Å². The first-order chi connectivity index (χ1) is 10.2. The highest BCUT2D eigenvalue weighted by Gasteiger charge is 2.10. The molecular weight excluding hydrogens is 260 g/mol. The first kappa shape index (κ1) is 14.9. The number of aromatic hydroxyl groups is 2. The molecule has 0 heterocycles. The van der Waals surface area contributed by atoms with Crippen molar-refractivity contribution in [1.29, 1.82) is 0 Å². The smallest absolute Gasteiger partial charge is 0.126 e. The molecule has 0 amide bonds. The molecule has 0 aliphatic carbocycles. The van der Waals surface area contributed by atoms with Gasteiger partial charge in [-0.3, -0.25) is 0 Å². The number of hydrogen-bond acceptors (Lipinski definition) is 2. The summed E-state index contributed by atoms with van der Waals surface area (Å²) in [6.07, 6.45) is 8.02. The lowest BCUT2D eigenvalue weighted by Crippen LogP contribution is -1.92. The molecule has 108 valence electrons. The maximum Gasteiger partial charge on any atom is 0.126 e. The van der Waals surface area contributed by atoms with Gasteiger partial charge < -0.3 is 10.2 Å². The summed E-state index contributed by atoms with van der Waals surface area (Å²) in [5.41, 5.74) is 3.19.